The molecule has 0 saturated heterocycles. The van der Waals surface area contributed by atoms with E-state index < -0.39 is 21.2 Å². The van der Waals surface area contributed by atoms with Crippen LogP contribution in [-0.2, 0) is 14.8 Å². The fourth-order valence-corrected chi connectivity index (χ4v) is 4.30. The molecule has 1 atom stereocenters. The third-order valence-electron chi connectivity index (χ3n) is 3.38. The van der Waals surface area contributed by atoms with E-state index in [1.54, 1.807) is 18.2 Å². The molecule has 1 aromatic rings. The van der Waals surface area contributed by atoms with E-state index in [2.05, 4.69) is 4.72 Å². The second kappa shape index (κ2) is 6.07. The zero-order chi connectivity index (χ0) is 15.6. The third kappa shape index (κ3) is 3.57. The number of halogens is 1. The first-order valence-electron chi connectivity index (χ1n) is 6.52. The fourth-order valence-electron chi connectivity index (χ4n) is 2.32. The lowest BCUT2D eigenvalue weighted by atomic mass is 9.99. The zero-order valence-electron chi connectivity index (χ0n) is 11.5. The average Bonchev–Trinajstić information content (AvgIpc) is 2.42. The molecule has 1 aromatic carbocycles. The van der Waals surface area contributed by atoms with Crippen LogP contribution in [0.4, 0.5) is 5.69 Å². The molecule has 0 aromatic heterocycles. The average molecular weight is 330 g/mol. The summed E-state index contributed by atoms with van der Waals surface area (Å²) in [6.45, 7) is 1.84. The van der Waals surface area contributed by atoms with Crippen LogP contribution in [0.1, 0.15) is 24.8 Å². The maximum Gasteiger partial charge on any atom is 0.332 e. The van der Waals surface area contributed by atoms with Crippen molar-refractivity contribution in [3.8, 4) is 0 Å². The van der Waals surface area contributed by atoms with Crippen LogP contribution in [-0.4, -0.2) is 24.7 Å². The van der Waals surface area contributed by atoms with Gasteiger partial charge in [-0.25, -0.2) is 13.2 Å². The molecule has 0 spiro atoms. The molecule has 0 amide bonds. The minimum atomic E-state index is -3.85. The van der Waals surface area contributed by atoms with Crippen molar-refractivity contribution in [2.24, 2.45) is 0 Å². The number of carbonyl (C=O) groups is 1. The number of carboxylic acid groups (broad SMARTS) is 1. The van der Waals surface area contributed by atoms with Gasteiger partial charge in [0.25, 0.3) is 0 Å². The van der Waals surface area contributed by atoms with Gasteiger partial charge in [-0.3, -0.25) is 4.72 Å². The summed E-state index contributed by atoms with van der Waals surface area (Å²) in [6.07, 6.45) is 2.99. The summed E-state index contributed by atoms with van der Waals surface area (Å²) in [4.78, 5) is 11.2. The van der Waals surface area contributed by atoms with E-state index in [0.29, 0.717) is 12.8 Å². The predicted octanol–water partition coefficient (Wildman–Crippen LogP) is 2.95. The zero-order valence-corrected chi connectivity index (χ0v) is 13.0. The smallest absolute Gasteiger partial charge is 0.332 e. The number of rotatable bonds is 4. The van der Waals surface area contributed by atoms with Crippen molar-refractivity contribution in [2.45, 2.75) is 31.4 Å². The number of aryl methyl sites for hydroxylation is 1. The lowest BCUT2D eigenvalue weighted by Gasteiger charge is -2.22. The van der Waals surface area contributed by atoms with E-state index in [9.17, 15) is 13.2 Å². The molecule has 0 heterocycles. The monoisotopic (exact) mass is 329 g/mol. The van der Waals surface area contributed by atoms with E-state index in [0.717, 1.165) is 5.56 Å². The first kappa shape index (κ1) is 15.9. The number of benzene rings is 1. The second-order valence-electron chi connectivity index (χ2n) is 5.01. The van der Waals surface area contributed by atoms with Crippen LogP contribution < -0.4 is 4.72 Å². The Balaban J connectivity index is 2.31. The highest BCUT2D eigenvalue weighted by atomic mass is 35.5. The molecular weight excluding hydrogens is 314 g/mol. The first-order chi connectivity index (χ1) is 9.81. The Labute approximate surface area is 128 Å². The van der Waals surface area contributed by atoms with Crippen molar-refractivity contribution in [1.29, 1.82) is 0 Å². The summed E-state index contributed by atoms with van der Waals surface area (Å²) in [6, 6.07) is 4.95. The van der Waals surface area contributed by atoms with Crippen LogP contribution in [0.15, 0.2) is 29.8 Å². The summed E-state index contributed by atoms with van der Waals surface area (Å²) < 4.78 is 27.3. The van der Waals surface area contributed by atoms with Crippen LogP contribution in [0, 0.1) is 6.92 Å². The number of nitrogens with one attached hydrogen (secondary N) is 1. The Kier molecular flexibility index (Phi) is 4.58. The van der Waals surface area contributed by atoms with Gasteiger partial charge in [-0.05, 0) is 43.9 Å². The number of aliphatic carboxylic acids is 1. The van der Waals surface area contributed by atoms with Crippen molar-refractivity contribution in [3.63, 3.8) is 0 Å². The summed E-state index contributed by atoms with van der Waals surface area (Å²) >= 11 is 6.02. The number of allylic oxidation sites excluding steroid dienone is 1. The van der Waals surface area contributed by atoms with E-state index >= 15 is 0 Å². The maximum absolute atomic E-state index is 12.4. The normalized spacial score (nSPS) is 19.0. The topological polar surface area (TPSA) is 83.5 Å². The first-order valence-corrected chi connectivity index (χ1v) is 8.45. The number of hydrogen-bond donors (Lipinski definition) is 2. The highest BCUT2D eigenvalue weighted by molar-refractivity contribution is 7.93. The van der Waals surface area contributed by atoms with Crippen LogP contribution >= 0.6 is 11.6 Å². The van der Waals surface area contributed by atoms with Crippen LogP contribution in [0.2, 0.25) is 5.02 Å². The van der Waals surface area contributed by atoms with Gasteiger partial charge in [-0.1, -0.05) is 23.7 Å². The molecule has 1 aliphatic carbocycles. The second-order valence-corrected chi connectivity index (χ2v) is 7.28. The van der Waals surface area contributed by atoms with Gasteiger partial charge < -0.3 is 5.11 Å². The van der Waals surface area contributed by atoms with E-state index in [1.807, 2.05) is 6.92 Å². The molecule has 5 nitrogen and oxygen atoms in total. The van der Waals surface area contributed by atoms with Crippen LogP contribution in [0.3, 0.4) is 0 Å². The van der Waals surface area contributed by atoms with Gasteiger partial charge in [-0.15, -0.1) is 0 Å². The number of carboxylic acids is 1. The van der Waals surface area contributed by atoms with Gasteiger partial charge in [0.2, 0.25) is 10.0 Å². The fraction of sp³-hybridized carbons (Fsp3) is 0.357. The predicted molar refractivity (Wildman–Crippen MR) is 82.1 cm³/mol. The van der Waals surface area contributed by atoms with Crippen LogP contribution in [0.5, 0.6) is 0 Å². The molecule has 7 heteroatoms. The van der Waals surface area contributed by atoms with Gasteiger partial charge in [0.15, 0.2) is 0 Å². The van der Waals surface area contributed by atoms with Gasteiger partial charge in [-0.2, -0.15) is 0 Å². The van der Waals surface area contributed by atoms with E-state index in [4.69, 9.17) is 16.7 Å². The number of sulfonamides is 1. The molecule has 2 rings (SSSR count). The molecule has 0 bridgehead atoms. The largest absolute Gasteiger partial charge is 0.478 e. The lowest BCUT2D eigenvalue weighted by Crippen LogP contribution is -2.34. The Morgan fingerprint density at radius 3 is 2.76 bits per heavy atom. The molecule has 0 aliphatic heterocycles. The summed E-state index contributed by atoms with van der Waals surface area (Å²) in [7, 11) is -3.85. The van der Waals surface area contributed by atoms with Crippen molar-refractivity contribution >= 4 is 33.3 Å². The Bertz CT molecular complexity index is 697. The van der Waals surface area contributed by atoms with Crippen molar-refractivity contribution in [2.75, 3.05) is 4.72 Å². The van der Waals surface area contributed by atoms with Gasteiger partial charge in [0.05, 0.1) is 16.3 Å². The van der Waals surface area contributed by atoms with Gasteiger partial charge in [0, 0.05) is 0 Å². The Hall–Kier alpha value is -1.53. The molecular formula is C14H16ClNO4S. The maximum atomic E-state index is 12.4. The molecule has 0 fully saturated rings. The quantitative estimate of drug-likeness (QED) is 0.889. The van der Waals surface area contributed by atoms with Crippen molar-refractivity contribution in [3.05, 3.63) is 40.4 Å². The standard InChI is InChI=1S/C14H16ClNO4S/c1-9-6-7-12(11(15)8-9)16-21(19,20)13-5-3-2-4-10(13)14(17)18/h4,6-8,13,16H,2-3,5H2,1H3,(H,17,18). The Morgan fingerprint density at radius 2 is 2.14 bits per heavy atom. The highest BCUT2D eigenvalue weighted by Gasteiger charge is 2.34. The van der Waals surface area contributed by atoms with E-state index in [-0.39, 0.29) is 22.7 Å². The third-order valence-corrected chi connectivity index (χ3v) is 5.44. The van der Waals surface area contributed by atoms with Crippen molar-refractivity contribution < 1.29 is 18.3 Å². The van der Waals surface area contributed by atoms with Crippen LogP contribution in [0.25, 0.3) is 0 Å². The summed E-state index contributed by atoms with van der Waals surface area (Å²) in [5.74, 6) is -1.19. The minimum absolute atomic E-state index is 0.0722. The molecule has 0 saturated carbocycles. The number of anilines is 1. The molecule has 114 valence electrons. The SMILES string of the molecule is Cc1ccc(NS(=O)(=O)C2CCCC=C2C(=O)O)c(Cl)c1. The molecule has 0 radical (unpaired) electrons. The summed E-state index contributed by atoms with van der Waals surface area (Å²) in [5.41, 5.74) is 1.10. The molecule has 2 N–H and O–H groups in total. The van der Waals surface area contributed by atoms with E-state index in [1.165, 1.54) is 6.08 Å². The molecule has 1 aliphatic rings. The van der Waals surface area contributed by atoms with Gasteiger partial charge >= 0.3 is 5.97 Å². The molecule has 1 unspecified atom stereocenters. The Morgan fingerprint density at radius 1 is 1.43 bits per heavy atom. The van der Waals surface area contributed by atoms with Gasteiger partial charge in [0.1, 0.15) is 5.25 Å². The number of hydrogen-bond acceptors (Lipinski definition) is 3. The lowest BCUT2D eigenvalue weighted by molar-refractivity contribution is -0.132. The minimum Gasteiger partial charge on any atom is -0.478 e. The molecule has 21 heavy (non-hydrogen) atoms. The van der Waals surface area contributed by atoms with Crippen molar-refractivity contribution in [1.82, 2.24) is 0 Å². The summed E-state index contributed by atoms with van der Waals surface area (Å²) in [5, 5.41) is 8.38. The highest BCUT2D eigenvalue weighted by Crippen LogP contribution is 2.29.